The van der Waals surface area contributed by atoms with Crippen LogP contribution in [0.5, 0.6) is 5.75 Å². The van der Waals surface area contributed by atoms with E-state index in [9.17, 15) is 14.4 Å². The molecule has 4 fully saturated rings. The van der Waals surface area contributed by atoms with Gasteiger partial charge in [0.05, 0.1) is 19.1 Å². The molecule has 2 N–H and O–H groups in total. The molecule has 7 nitrogen and oxygen atoms in total. The lowest BCUT2D eigenvalue weighted by molar-refractivity contribution is -0.156. The van der Waals surface area contributed by atoms with Crippen molar-refractivity contribution in [1.29, 1.82) is 0 Å². The number of nitrogens with one attached hydrogen (secondary N) is 2. The lowest BCUT2D eigenvalue weighted by atomic mass is 9.53. The fraction of sp³-hybridized carbons (Fsp3) is 0.625. The fourth-order valence-corrected chi connectivity index (χ4v) is 6.14. The van der Waals surface area contributed by atoms with Crippen molar-refractivity contribution in [2.45, 2.75) is 63.5 Å². The Labute approximate surface area is 183 Å². The van der Waals surface area contributed by atoms with E-state index in [1.807, 2.05) is 0 Å². The van der Waals surface area contributed by atoms with Crippen LogP contribution in [-0.4, -0.2) is 43.1 Å². The highest BCUT2D eigenvalue weighted by Crippen LogP contribution is 2.55. The van der Waals surface area contributed by atoms with E-state index in [-0.39, 0.29) is 30.3 Å². The Hall–Kier alpha value is -2.57. The van der Waals surface area contributed by atoms with Crippen LogP contribution in [0.25, 0.3) is 0 Å². The molecule has 7 heteroatoms. The molecule has 5 rings (SSSR count). The molecule has 4 aliphatic rings. The second kappa shape index (κ2) is 8.89. The third-order valence-electron chi connectivity index (χ3n) is 7.07. The molecular weight excluding hydrogens is 396 g/mol. The van der Waals surface area contributed by atoms with Crippen LogP contribution in [0.15, 0.2) is 24.3 Å². The average Bonchev–Trinajstić information content (AvgIpc) is 2.72. The highest BCUT2D eigenvalue weighted by atomic mass is 16.5. The van der Waals surface area contributed by atoms with E-state index in [4.69, 9.17) is 9.47 Å². The minimum Gasteiger partial charge on any atom is -0.496 e. The van der Waals surface area contributed by atoms with Gasteiger partial charge in [0.25, 0.3) is 11.8 Å². The SMILES string of the molecule is COc1ccccc1C(=O)NCCC(=O)O[C@H](C)C(=O)NC12CC3CC(CC(C3)C1)C2. The van der Waals surface area contributed by atoms with Gasteiger partial charge in [-0.3, -0.25) is 14.4 Å². The van der Waals surface area contributed by atoms with Crippen molar-refractivity contribution in [1.82, 2.24) is 10.6 Å². The zero-order valence-electron chi connectivity index (χ0n) is 18.3. The topological polar surface area (TPSA) is 93.7 Å². The summed E-state index contributed by atoms with van der Waals surface area (Å²) < 4.78 is 10.5. The van der Waals surface area contributed by atoms with E-state index in [0.717, 1.165) is 37.0 Å². The van der Waals surface area contributed by atoms with Crippen molar-refractivity contribution < 1.29 is 23.9 Å². The largest absolute Gasteiger partial charge is 0.496 e. The number of amides is 2. The molecule has 1 aromatic rings. The Morgan fingerprint density at radius 2 is 1.68 bits per heavy atom. The Bertz CT molecular complexity index is 817. The Balaban J connectivity index is 1.21. The predicted molar refractivity (Wildman–Crippen MR) is 115 cm³/mol. The van der Waals surface area contributed by atoms with Crippen LogP contribution in [0, 0.1) is 17.8 Å². The Morgan fingerprint density at radius 3 is 2.29 bits per heavy atom. The lowest BCUT2D eigenvalue weighted by Gasteiger charge is -2.57. The van der Waals surface area contributed by atoms with Crippen LogP contribution in [0.4, 0.5) is 0 Å². The normalized spacial score (nSPS) is 29.2. The molecule has 0 radical (unpaired) electrons. The second-order valence-corrected chi connectivity index (χ2v) is 9.53. The molecule has 0 heterocycles. The molecule has 4 saturated carbocycles. The molecule has 1 aromatic carbocycles. The summed E-state index contributed by atoms with van der Waals surface area (Å²) in [5, 5.41) is 5.93. The van der Waals surface area contributed by atoms with Gasteiger partial charge in [0.1, 0.15) is 5.75 Å². The summed E-state index contributed by atoms with van der Waals surface area (Å²) in [7, 11) is 1.50. The molecule has 1 atom stereocenters. The summed E-state index contributed by atoms with van der Waals surface area (Å²) >= 11 is 0. The van der Waals surface area contributed by atoms with Gasteiger partial charge in [-0.05, 0) is 75.3 Å². The standard InChI is InChI=1S/C24H32N2O5/c1-15(22(28)26-24-12-16-9-17(13-24)11-18(10-16)14-24)31-21(27)7-8-25-23(29)19-5-3-4-6-20(19)30-2/h3-6,15-18H,7-14H2,1-2H3,(H,25,29)(H,26,28)/t15-,16?,17?,18?,24?/m1/s1. The van der Waals surface area contributed by atoms with E-state index in [2.05, 4.69) is 10.6 Å². The number of benzene rings is 1. The fourth-order valence-electron chi connectivity index (χ4n) is 6.14. The van der Waals surface area contributed by atoms with Crippen molar-refractivity contribution in [2.75, 3.05) is 13.7 Å². The smallest absolute Gasteiger partial charge is 0.308 e. The summed E-state index contributed by atoms with van der Waals surface area (Å²) in [6, 6.07) is 6.88. The molecule has 0 aliphatic heterocycles. The monoisotopic (exact) mass is 428 g/mol. The summed E-state index contributed by atoms with van der Waals surface area (Å²) in [5.41, 5.74) is 0.302. The van der Waals surface area contributed by atoms with Gasteiger partial charge in [0.15, 0.2) is 6.10 Å². The van der Waals surface area contributed by atoms with E-state index in [0.29, 0.717) is 11.3 Å². The number of hydrogen-bond donors (Lipinski definition) is 2. The second-order valence-electron chi connectivity index (χ2n) is 9.53. The maximum absolute atomic E-state index is 12.7. The maximum atomic E-state index is 12.7. The first-order valence-corrected chi connectivity index (χ1v) is 11.3. The van der Waals surface area contributed by atoms with Crippen LogP contribution in [0.1, 0.15) is 62.2 Å². The minimum atomic E-state index is -0.842. The molecule has 31 heavy (non-hydrogen) atoms. The summed E-state index contributed by atoms with van der Waals surface area (Å²) in [6.07, 6.45) is 6.24. The average molecular weight is 429 g/mol. The number of ether oxygens (including phenoxy) is 2. The van der Waals surface area contributed by atoms with Gasteiger partial charge in [-0.1, -0.05) is 12.1 Å². The van der Waals surface area contributed by atoms with Crippen molar-refractivity contribution in [3.8, 4) is 5.75 Å². The number of para-hydroxylation sites is 1. The van der Waals surface area contributed by atoms with Crippen LogP contribution >= 0.6 is 0 Å². The molecule has 4 aliphatic carbocycles. The van der Waals surface area contributed by atoms with Gasteiger partial charge < -0.3 is 20.1 Å². The zero-order chi connectivity index (χ0) is 22.0. The molecule has 0 aromatic heterocycles. The molecule has 2 amide bonds. The van der Waals surface area contributed by atoms with Crippen LogP contribution < -0.4 is 15.4 Å². The molecular formula is C24H32N2O5. The van der Waals surface area contributed by atoms with Crippen LogP contribution in [-0.2, 0) is 14.3 Å². The van der Waals surface area contributed by atoms with E-state index in [1.54, 1.807) is 31.2 Å². The molecule has 0 spiro atoms. The number of methoxy groups -OCH3 is 1. The van der Waals surface area contributed by atoms with Crippen LogP contribution in [0.3, 0.4) is 0 Å². The first kappa shape index (κ1) is 21.7. The number of carbonyl (C=O) groups is 3. The molecule has 168 valence electrons. The summed E-state index contributed by atoms with van der Waals surface area (Å²) in [6.45, 7) is 1.74. The van der Waals surface area contributed by atoms with Gasteiger partial charge in [-0.2, -0.15) is 0 Å². The number of hydrogen-bond acceptors (Lipinski definition) is 5. The third kappa shape index (κ3) is 4.86. The number of rotatable bonds is 8. The minimum absolute atomic E-state index is 0.00409. The first-order valence-electron chi connectivity index (χ1n) is 11.3. The zero-order valence-corrected chi connectivity index (χ0v) is 18.3. The van der Waals surface area contributed by atoms with E-state index >= 15 is 0 Å². The number of esters is 1. The van der Waals surface area contributed by atoms with Gasteiger partial charge >= 0.3 is 5.97 Å². The van der Waals surface area contributed by atoms with Gasteiger partial charge in [0.2, 0.25) is 0 Å². The molecule has 0 unspecified atom stereocenters. The molecule has 0 saturated heterocycles. The van der Waals surface area contributed by atoms with Gasteiger partial charge in [-0.15, -0.1) is 0 Å². The highest BCUT2D eigenvalue weighted by molar-refractivity contribution is 5.97. The molecule has 4 bridgehead atoms. The van der Waals surface area contributed by atoms with Crippen LogP contribution in [0.2, 0.25) is 0 Å². The summed E-state index contributed by atoms with van der Waals surface area (Å²) in [5.74, 6) is 1.63. The third-order valence-corrected chi connectivity index (χ3v) is 7.07. The van der Waals surface area contributed by atoms with Crippen molar-refractivity contribution in [2.24, 2.45) is 17.8 Å². The lowest BCUT2D eigenvalue weighted by Crippen LogP contribution is -2.61. The van der Waals surface area contributed by atoms with Crippen molar-refractivity contribution in [3.05, 3.63) is 29.8 Å². The number of carbonyl (C=O) groups excluding carboxylic acids is 3. The quantitative estimate of drug-likeness (QED) is 0.621. The van der Waals surface area contributed by atoms with E-state index < -0.39 is 12.1 Å². The highest BCUT2D eigenvalue weighted by Gasteiger charge is 2.51. The van der Waals surface area contributed by atoms with Gasteiger partial charge in [-0.25, -0.2) is 0 Å². The van der Waals surface area contributed by atoms with E-state index in [1.165, 1.54) is 26.4 Å². The maximum Gasteiger partial charge on any atom is 0.308 e. The van der Waals surface area contributed by atoms with Crippen molar-refractivity contribution in [3.63, 3.8) is 0 Å². The first-order chi connectivity index (χ1) is 14.9. The predicted octanol–water partition coefficient (Wildman–Crippen LogP) is 2.83. The van der Waals surface area contributed by atoms with Crippen molar-refractivity contribution >= 4 is 17.8 Å². The van der Waals surface area contributed by atoms with Gasteiger partial charge in [0, 0.05) is 12.1 Å². The Kier molecular flexibility index (Phi) is 6.21. The summed E-state index contributed by atoms with van der Waals surface area (Å²) in [4.78, 5) is 37.2. The Morgan fingerprint density at radius 1 is 1.06 bits per heavy atom.